The number of rotatable bonds is 5. The van der Waals surface area contributed by atoms with Crippen LogP contribution in [0.25, 0.3) is 10.2 Å². The lowest BCUT2D eigenvalue weighted by Crippen LogP contribution is -2.39. The molecule has 0 saturated heterocycles. The number of benzene rings is 2. The van der Waals surface area contributed by atoms with Crippen molar-refractivity contribution in [2.24, 2.45) is 0 Å². The third-order valence-electron chi connectivity index (χ3n) is 3.43. The molecule has 0 aliphatic heterocycles. The van der Waals surface area contributed by atoms with Crippen LogP contribution in [-0.2, 0) is 6.54 Å². The van der Waals surface area contributed by atoms with Gasteiger partial charge in [-0.15, -0.1) is 0 Å². The van der Waals surface area contributed by atoms with Crippen molar-refractivity contribution in [3.63, 3.8) is 0 Å². The van der Waals surface area contributed by atoms with E-state index in [0.29, 0.717) is 17.3 Å². The van der Waals surface area contributed by atoms with Crippen LogP contribution < -0.4 is 15.0 Å². The molecule has 0 atom stereocenters. The van der Waals surface area contributed by atoms with Gasteiger partial charge in [0.05, 0.1) is 11.3 Å². The average molecular weight is 313 g/mol. The molecule has 0 unspecified atom stereocenters. The van der Waals surface area contributed by atoms with E-state index in [-0.39, 0.29) is 12.3 Å². The molecule has 3 rings (SSSR count). The molecule has 0 radical (unpaired) electrons. The second kappa shape index (κ2) is 6.15. The SMILES string of the molecule is CCOc1ccc(C(=O)C[n+]2c(N)sc3ccccc32)cc1. The summed E-state index contributed by atoms with van der Waals surface area (Å²) in [5.41, 5.74) is 7.70. The second-order valence-corrected chi connectivity index (χ2v) is 5.94. The van der Waals surface area contributed by atoms with Crippen molar-refractivity contribution in [1.29, 1.82) is 0 Å². The van der Waals surface area contributed by atoms with Gasteiger partial charge in [0.15, 0.2) is 6.54 Å². The average Bonchev–Trinajstić information content (AvgIpc) is 2.84. The summed E-state index contributed by atoms with van der Waals surface area (Å²) in [6.45, 7) is 2.78. The van der Waals surface area contributed by atoms with E-state index in [2.05, 4.69) is 0 Å². The lowest BCUT2D eigenvalue weighted by Gasteiger charge is -2.04. The van der Waals surface area contributed by atoms with Crippen LogP contribution in [-0.4, -0.2) is 12.4 Å². The zero-order chi connectivity index (χ0) is 15.5. The molecule has 0 amide bonds. The first kappa shape index (κ1) is 14.5. The Morgan fingerprint density at radius 2 is 1.91 bits per heavy atom. The molecule has 5 heteroatoms. The number of ketones is 1. The number of nitrogen functional groups attached to an aromatic ring is 1. The van der Waals surface area contributed by atoms with E-state index in [1.165, 1.54) is 11.3 Å². The number of aromatic nitrogens is 1. The van der Waals surface area contributed by atoms with Crippen molar-refractivity contribution in [3.05, 3.63) is 54.1 Å². The quantitative estimate of drug-likeness (QED) is 0.582. The van der Waals surface area contributed by atoms with Crippen molar-refractivity contribution >= 4 is 32.5 Å². The maximum absolute atomic E-state index is 12.5. The highest BCUT2D eigenvalue weighted by Crippen LogP contribution is 2.21. The van der Waals surface area contributed by atoms with Gasteiger partial charge in [-0.3, -0.25) is 10.5 Å². The number of ether oxygens (including phenoxy) is 1. The minimum atomic E-state index is 0.0308. The number of Topliss-reactive ketones (excluding diaryl/α,β-unsaturated/α-hetero) is 1. The monoisotopic (exact) mass is 313 g/mol. The molecular weight excluding hydrogens is 296 g/mol. The topological polar surface area (TPSA) is 56.2 Å². The van der Waals surface area contributed by atoms with Crippen LogP contribution in [0.1, 0.15) is 17.3 Å². The summed E-state index contributed by atoms with van der Waals surface area (Å²) in [6.07, 6.45) is 0. The Morgan fingerprint density at radius 1 is 1.18 bits per heavy atom. The molecule has 2 N–H and O–H groups in total. The third kappa shape index (κ3) is 2.80. The zero-order valence-corrected chi connectivity index (χ0v) is 13.1. The van der Waals surface area contributed by atoms with Crippen LogP contribution in [0.4, 0.5) is 5.13 Å². The number of carbonyl (C=O) groups excluding carboxylic acids is 1. The molecule has 0 bridgehead atoms. The minimum absolute atomic E-state index is 0.0308. The van der Waals surface area contributed by atoms with Gasteiger partial charge < -0.3 is 4.74 Å². The Labute approximate surface area is 132 Å². The molecule has 22 heavy (non-hydrogen) atoms. The predicted octanol–water partition coefficient (Wildman–Crippen LogP) is 3.05. The molecule has 4 nitrogen and oxygen atoms in total. The highest BCUT2D eigenvalue weighted by atomic mass is 32.1. The Hall–Kier alpha value is -2.40. The summed E-state index contributed by atoms with van der Waals surface area (Å²) in [4.78, 5) is 12.5. The number of nitrogens with zero attached hydrogens (tertiary/aromatic N) is 1. The maximum Gasteiger partial charge on any atom is 0.333 e. The van der Waals surface area contributed by atoms with Gasteiger partial charge in [0.2, 0.25) is 5.78 Å². The Bertz CT molecular complexity index is 809. The summed E-state index contributed by atoms with van der Waals surface area (Å²) in [5, 5.41) is 0.639. The molecule has 1 heterocycles. The smallest absolute Gasteiger partial charge is 0.333 e. The van der Waals surface area contributed by atoms with E-state index in [4.69, 9.17) is 10.5 Å². The van der Waals surface area contributed by atoms with Crippen LogP contribution >= 0.6 is 11.3 Å². The number of para-hydroxylation sites is 1. The second-order valence-electron chi connectivity index (χ2n) is 4.87. The number of nitrogens with two attached hydrogens (primary N) is 1. The van der Waals surface area contributed by atoms with E-state index in [1.54, 1.807) is 12.1 Å². The maximum atomic E-state index is 12.5. The van der Waals surface area contributed by atoms with Gasteiger partial charge >= 0.3 is 5.13 Å². The number of fused-ring (bicyclic) bond motifs is 1. The molecular formula is C17H17N2O2S+. The minimum Gasteiger partial charge on any atom is -0.494 e. The fourth-order valence-corrected chi connectivity index (χ4v) is 3.28. The lowest BCUT2D eigenvalue weighted by molar-refractivity contribution is -0.638. The van der Waals surface area contributed by atoms with Gasteiger partial charge in [0, 0.05) is 5.56 Å². The Kier molecular flexibility index (Phi) is 4.06. The van der Waals surface area contributed by atoms with Gasteiger partial charge in [0.1, 0.15) is 11.3 Å². The molecule has 0 aliphatic rings. The number of hydrogen-bond donors (Lipinski definition) is 1. The highest BCUT2D eigenvalue weighted by molar-refractivity contribution is 7.21. The van der Waals surface area contributed by atoms with E-state index < -0.39 is 0 Å². The Morgan fingerprint density at radius 3 is 2.64 bits per heavy atom. The largest absolute Gasteiger partial charge is 0.494 e. The summed E-state index contributed by atoms with van der Waals surface area (Å²) in [5.74, 6) is 0.801. The number of carbonyl (C=O) groups is 1. The van der Waals surface area contributed by atoms with Gasteiger partial charge in [-0.25, -0.2) is 4.57 Å². The van der Waals surface area contributed by atoms with Crippen LogP contribution in [0.5, 0.6) is 5.75 Å². The van der Waals surface area contributed by atoms with Crippen LogP contribution in [0.3, 0.4) is 0 Å². The zero-order valence-electron chi connectivity index (χ0n) is 12.3. The molecule has 0 fully saturated rings. The summed E-state index contributed by atoms with van der Waals surface area (Å²) in [7, 11) is 0. The molecule has 0 spiro atoms. The van der Waals surface area contributed by atoms with Gasteiger partial charge in [-0.2, -0.15) is 0 Å². The summed E-state index contributed by atoms with van der Waals surface area (Å²) >= 11 is 1.49. The van der Waals surface area contributed by atoms with E-state index in [9.17, 15) is 4.79 Å². The fourth-order valence-electron chi connectivity index (χ4n) is 2.35. The van der Waals surface area contributed by atoms with E-state index in [0.717, 1.165) is 16.0 Å². The first-order valence-corrected chi connectivity index (χ1v) is 7.93. The van der Waals surface area contributed by atoms with Gasteiger partial charge in [-0.1, -0.05) is 12.1 Å². The van der Waals surface area contributed by atoms with Crippen molar-refractivity contribution in [2.45, 2.75) is 13.5 Å². The molecule has 2 aromatic carbocycles. The number of hydrogen-bond acceptors (Lipinski definition) is 4. The van der Waals surface area contributed by atoms with E-state index >= 15 is 0 Å². The van der Waals surface area contributed by atoms with Crippen molar-refractivity contribution in [2.75, 3.05) is 12.3 Å². The molecule has 1 aromatic heterocycles. The summed E-state index contributed by atoms with van der Waals surface area (Å²) in [6, 6.07) is 15.1. The number of thiazole rings is 1. The van der Waals surface area contributed by atoms with Crippen molar-refractivity contribution in [3.8, 4) is 5.75 Å². The van der Waals surface area contributed by atoms with Crippen LogP contribution in [0.15, 0.2) is 48.5 Å². The van der Waals surface area contributed by atoms with Crippen molar-refractivity contribution in [1.82, 2.24) is 0 Å². The normalized spacial score (nSPS) is 10.8. The standard InChI is InChI=1S/C17H16N2O2S/c1-2-21-13-9-7-12(8-10-13)15(20)11-19-14-5-3-4-6-16(14)22-17(19)18/h3-10,18H,2,11H2,1H3/p+1. The number of anilines is 1. The lowest BCUT2D eigenvalue weighted by atomic mass is 10.1. The van der Waals surface area contributed by atoms with Crippen LogP contribution in [0, 0.1) is 0 Å². The highest BCUT2D eigenvalue weighted by Gasteiger charge is 2.18. The molecule has 0 saturated carbocycles. The fraction of sp³-hybridized carbons (Fsp3) is 0.176. The van der Waals surface area contributed by atoms with Crippen molar-refractivity contribution < 1.29 is 14.1 Å². The van der Waals surface area contributed by atoms with E-state index in [1.807, 2.05) is 47.9 Å². The van der Waals surface area contributed by atoms with Gasteiger partial charge in [0.25, 0.3) is 0 Å². The molecule has 112 valence electrons. The Balaban J connectivity index is 1.85. The summed E-state index contributed by atoms with van der Waals surface area (Å²) < 4.78 is 8.33. The predicted molar refractivity (Wildman–Crippen MR) is 88.4 cm³/mol. The van der Waals surface area contributed by atoms with Gasteiger partial charge in [-0.05, 0) is 54.7 Å². The first-order chi connectivity index (χ1) is 10.7. The molecule has 0 aliphatic carbocycles. The third-order valence-corrected chi connectivity index (χ3v) is 4.42. The first-order valence-electron chi connectivity index (χ1n) is 7.12. The molecule has 3 aromatic rings. The van der Waals surface area contributed by atoms with Crippen LogP contribution in [0.2, 0.25) is 0 Å².